The second-order valence-electron chi connectivity index (χ2n) is 4.82. The van der Waals surface area contributed by atoms with Gasteiger partial charge in [0, 0.05) is 19.7 Å². The molecule has 0 bridgehead atoms. The van der Waals surface area contributed by atoms with Crippen LogP contribution in [0.15, 0.2) is 4.90 Å². The fourth-order valence-electron chi connectivity index (χ4n) is 2.53. The number of carbonyl (C=O) groups excluding carboxylic acids is 1. The normalized spacial score (nSPS) is 16.2. The second-order valence-corrected chi connectivity index (χ2v) is 6.63. The molecule has 2 N–H and O–H groups in total. The first kappa shape index (κ1) is 16.5. The summed E-state index contributed by atoms with van der Waals surface area (Å²) >= 11 is 3.01. The van der Waals surface area contributed by atoms with Crippen LogP contribution in [0, 0.1) is 0 Å². The van der Waals surface area contributed by atoms with Gasteiger partial charge in [-0.15, -0.1) is 23.1 Å². The third-order valence-electron chi connectivity index (χ3n) is 3.59. The Bertz CT molecular complexity index is 497. The van der Waals surface area contributed by atoms with Crippen LogP contribution in [-0.4, -0.2) is 45.1 Å². The summed E-state index contributed by atoms with van der Waals surface area (Å²) in [4.78, 5) is 15.6. The van der Waals surface area contributed by atoms with Crippen LogP contribution in [0.25, 0.3) is 0 Å². The molecule has 2 rings (SSSR count). The van der Waals surface area contributed by atoms with E-state index < -0.39 is 0 Å². The van der Waals surface area contributed by atoms with Gasteiger partial charge in [-0.2, -0.15) is 0 Å². The number of ether oxygens (including phenoxy) is 2. The molecule has 1 fully saturated rings. The molecule has 0 aromatic carbocycles. The van der Waals surface area contributed by atoms with Gasteiger partial charge in [-0.25, -0.2) is 4.79 Å². The summed E-state index contributed by atoms with van der Waals surface area (Å²) < 4.78 is 10.5. The Morgan fingerprint density at radius 1 is 1.48 bits per heavy atom. The zero-order chi connectivity index (χ0) is 15.4. The van der Waals surface area contributed by atoms with Crippen LogP contribution in [0.2, 0.25) is 0 Å². The minimum Gasteiger partial charge on any atom is -0.465 e. The first-order valence-corrected chi connectivity index (χ1v) is 9.07. The van der Waals surface area contributed by atoms with E-state index in [0.717, 1.165) is 42.4 Å². The molecule has 1 aliphatic heterocycles. The lowest BCUT2D eigenvalue weighted by atomic mass is 10.1. The topological polar surface area (TPSA) is 64.8 Å². The highest BCUT2D eigenvalue weighted by Gasteiger charge is 2.27. The SMILES string of the molecule is CCOC1CCN(c2sc(C(=O)OC)c(N)c2SC)CC1. The summed E-state index contributed by atoms with van der Waals surface area (Å²) in [6.45, 7) is 4.65. The average molecular weight is 330 g/mol. The maximum Gasteiger partial charge on any atom is 0.350 e. The van der Waals surface area contributed by atoms with Gasteiger partial charge < -0.3 is 20.1 Å². The molecule has 1 saturated heterocycles. The Hall–Kier alpha value is -0.920. The number of methoxy groups -OCH3 is 1. The van der Waals surface area contributed by atoms with Gasteiger partial charge >= 0.3 is 5.97 Å². The maximum absolute atomic E-state index is 11.8. The Balaban J connectivity index is 2.18. The van der Waals surface area contributed by atoms with Crippen LogP contribution >= 0.6 is 23.1 Å². The fraction of sp³-hybridized carbons (Fsp3) is 0.643. The molecule has 0 atom stereocenters. The highest BCUT2D eigenvalue weighted by atomic mass is 32.2. The van der Waals surface area contributed by atoms with Crippen LogP contribution in [0.1, 0.15) is 29.4 Å². The molecule has 0 amide bonds. The molecular weight excluding hydrogens is 308 g/mol. The van der Waals surface area contributed by atoms with Crippen molar-refractivity contribution in [3.05, 3.63) is 4.88 Å². The van der Waals surface area contributed by atoms with Gasteiger partial charge in [0.25, 0.3) is 0 Å². The molecule has 0 saturated carbocycles. The first-order valence-electron chi connectivity index (χ1n) is 7.03. The summed E-state index contributed by atoms with van der Waals surface area (Å²) in [5.41, 5.74) is 6.65. The van der Waals surface area contributed by atoms with E-state index in [1.165, 1.54) is 18.4 Å². The van der Waals surface area contributed by atoms with Crippen molar-refractivity contribution >= 4 is 39.8 Å². The average Bonchev–Trinajstić information content (AvgIpc) is 2.84. The lowest BCUT2D eigenvalue weighted by molar-refractivity contribution is 0.0459. The van der Waals surface area contributed by atoms with Crippen molar-refractivity contribution in [1.29, 1.82) is 0 Å². The van der Waals surface area contributed by atoms with E-state index in [1.54, 1.807) is 11.8 Å². The van der Waals surface area contributed by atoms with Gasteiger partial charge in [0.15, 0.2) is 0 Å². The van der Waals surface area contributed by atoms with Crippen LogP contribution in [0.3, 0.4) is 0 Å². The number of hydrogen-bond donors (Lipinski definition) is 1. The van der Waals surface area contributed by atoms with Crippen LogP contribution in [-0.2, 0) is 9.47 Å². The van der Waals surface area contributed by atoms with Crippen LogP contribution in [0.4, 0.5) is 10.7 Å². The molecule has 1 aliphatic rings. The summed E-state index contributed by atoms with van der Waals surface area (Å²) in [6.07, 6.45) is 4.34. The highest BCUT2D eigenvalue weighted by Crippen LogP contribution is 2.44. The molecule has 0 radical (unpaired) electrons. The number of nitrogens with zero attached hydrogens (tertiary/aromatic N) is 1. The number of anilines is 2. The number of thioether (sulfide) groups is 1. The molecule has 7 heteroatoms. The van der Waals surface area contributed by atoms with Crippen molar-refractivity contribution in [3.8, 4) is 0 Å². The molecular formula is C14H22N2O3S2. The lowest BCUT2D eigenvalue weighted by Gasteiger charge is -2.33. The monoisotopic (exact) mass is 330 g/mol. The number of carbonyl (C=O) groups is 1. The fourth-order valence-corrected chi connectivity index (χ4v) is 4.68. The van der Waals surface area contributed by atoms with Crippen molar-refractivity contribution in [2.24, 2.45) is 0 Å². The number of thiophene rings is 1. The summed E-state index contributed by atoms with van der Waals surface area (Å²) in [6, 6.07) is 0. The van der Waals surface area contributed by atoms with Gasteiger partial charge in [-0.05, 0) is 26.0 Å². The molecule has 0 unspecified atom stereocenters. The summed E-state index contributed by atoms with van der Waals surface area (Å²) in [7, 11) is 1.38. The van der Waals surface area contributed by atoms with Crippen molar-refractivity contribution in [2.45, 2.75) is 30.8 Å². The largest absolute Gasteiger partial charge is 0.465 e. The zero-order valence-electron chi connectivity index (χ0n) is 12.7. The molecule has 5 nitrogen and oxygen atoms in total. The Kier molecular flexibility index (Phi) is 5.78. The second kappa shape index (κ2) is 7.38. The minimum atomic E-state index is -0.358. The number of nitrogen functional groups attached to an aromatic ring is 1. The number of piperidine rings is 1. The van der Waals surface area contributed by atoms with E-state index in [0.29, 0.717) is 16.7 Å². The molecule has 2 heterocycles. The molecule has 1 aromatic heterocycles. The van der Waals surface area contributed by atoms with Crippen molar-refractivity contribution < 1.29 is 14.3 Å². The van der Waals surface area contributed by atoms with Gasteiger partial charge in [-0.3, -0.25) is 0 Å². The van der Waals surface area contributed by atoms with Gasteiger partial charge in [0.2, 0.25) is 0 Å². The van der Waals surface area contributed by atoms with Gasteiger partial charge in [0.1, 0.15) is 9.88 Å². The predicted molar refractivity (Wildman–Crippen MR) is 88.7 cm³/mol. The van der Waals surface area contributed by atoms with E-state index in [-0.39, 0.29) is 5.97 Å². The Morgan fingerprint density at radius 3 is 2.67 bits per heavy atom. The number of hydrogen-bond acceptors (Lipinski definition) is 7. The van der Waals surface area contributed by atoms with E-state index in [2.05, 4.69) is 4.90 Å². The quantitative estimate of drug-likeness (QED) is 0.661. The molecule has 21 heavy (non-hydrogen) atoms. The standard InChI is InChI=1S/C14H22N2O3S2/c1-4-19-9-5-7-16(8-6-9)13-11(20-3)10(15)12(21-13)14(17)18-2/h9H,4-8,15H2,1-3H3. The van der Waals surface area contributed by atoms with Crippen molar-refractivity contribution in [3.63, 3.8) is 0 Å². The van der Waals surface area contributed by atoms with Gasteiger partial charge in [-0.1, -0.05) is 0 Å². The minimum absolute atomic E-state index is 0.348. The molecule has 1 aromatic rings. The third-order valence-corrected chi connectivity index (χ3v) is 5.79. The van der Waals surface area contributed by atoms with Crippen molar-refractivity contribution in [1.82, 2.24) is 0 Å². The lowest BCUT2D eigenvalue weighted by Crippen LogP contribution is -2.36. The molecule has 0 spiro atoms. The van der Waals surface area contributed by atoms with Crippen molar-refractivity contribution in [2.75, 3.05) is 43.7 Å². The number of esters is 1. The number of rotatable bonds is 5. The summed E-state index contributed by atoms with van der Waals surface area (Å²) in [5.74, 6) is -0.358. The Morgan fingerprint density at radius 2 is 2.14 bits per heavy atom. The molecule has 118 valence electrons. The van der Waals surface area contributed by atoms with Gasteiger partial charge in [0.05, 0.1) is 23.8 Å². The van der Waals surface area contributed by atoms with Crippen LogP contribution in [0.5, 0.6) is 0 Å². The third kappa shape index (κ3) is 3.46. The predicted octanol–water partition coefficient (Wildman–Crippen LogP) is 2.84. The van der Waals surface area contributed by atoms with Crippen LogP contribution < -0.4 is 10.6 Å². The van der Waals surface area contributed by atoms with E-state index in [1.807, 2.05) is 13.2 Å². The smallest absolute Gasteiger partial charge is 0.350 e. The molecule has 0 aliphatic carbocycles. The maximum atomic E-state index is 11.8. The van der Waals surface area contributed by atoms with E-state index >= 15 is 0 Å². The number of nitrogens with two attached hydrogens (primary N) is 1. The first-order chi connectivity index (χ1) is 10.1. The Labute approximate surface area is 133 Å². The zero-order valence-corrected chi connectivity index (χ0v) is 14.3. The van der Waals surface area contributed by atoms with E-state index in [9.17, 15) is 4.79 Å². The highest BCUT2D eigenvalue weighted by molar-refractivity contribution is 7.99. The van der Waals surface area contributed by atoms with E-state index in [4.69, 9.17) is 15.2 Å². The summed E-state index contributed by atoms with van der Waals surface area (Å²) in [5, 5.41) is 1.08.